The lowest BCUT2D eigenvalue weighted by molar-refractivity contribution is -0.120. The van der Waals surface area contributed by atoms with Crippen LogP contribution in [0.4, 0.5) is 5.69 Å². The second-order valence-corrected chi connectivity index (χ2v) is 6.28. The third-order valence-corrected chi connectivity index (χ3v) is 4.37. The minimum absolute atomic E-state index is 0.00409. The van der Waals surface area contributed by atoms with E-state index >= 15 is 0 Å². The van der Waals surface area contributed by atoms with Crippen LogP contribution < -0.4 is 14.4 Å². The van der Waals surface area contributed by atoms with Gasteiger partial charge in [-0.15, -0.1) is 0 Å². The van der Waals surface area contributed by atoms with Crippen molar-refractivity contribution in [1.29, 1.82) is 0 Å². The maximum Gasteiger partial charge on any atom is 0.264 e. The Morgan fingerprint density at radius 2 is 2.00 bits per heavy atom. The number of para-hydroxylation sites is 2. The molecule has 0 fully saturated rings. The van der Waals surface area contributed by atoms with Gasteiger partial charge in [0.2, 0.25) is 0 Å². The van der Waals surface area contributed by atoms with Crippen LogP contribution in [0.5, 0.6) is 11.5 Å². The van der Waals surface area contributed by atoms with Gasteiger partial charge in [-0.1, -0.05) is 28.1 Å². The minimum Gasteiger partial charge on any atom is -0.493 e. The average Bonchev–Trinajstić information content (AvgIpc) is 2.59. The van der Waals surface area contributed by atoms with E-state index in [0.29, 0.717) is 11.5 Å². The largest absolute Gasteiger partial charge is 0.493 e. The second kappa shape index (κ2) is 7.04. The van der Waals surface area contributed by atoms with E-state index in [1.54, 1.807) is 18.1 Å². The fourth-order valence-corrected chi connectivity index (χ4v) is 3.19. The van der Waals surface area contributed by atoms with Crippen molar-refractivity contribution in [3.63, 3.8) is 0 Å². The van der Waals surface area contributed by atoms with Gasteiger partial charge in [0.05, 0.1) is 7.11 Å². The lowest BCUT2D eigenvalue weighted by atomic mass is 10.0. The molecule has 4 nitrogen and oxygen atoms in total. The summed E-state index contributed by atoms with van der Waals surface area (Å²) < 4.78 is 11.9. The Morgan fingerprint density at radius 3 is 2.78 bits per heavy atom. The number of anilines is 1. The molecular weight excluding hydrogens is 358 g/mol. The van der Waals surface area contributed by atoms with Crippen LogP contribution in [0.15, 0.2) is 46.9 Å². The SMILES string of the molecule is COc1ccccc1OCC(=O)N1CCCc2cc(Br)ccc21. The van der Waals surface area contributed by atoms with E-state index in [9.17, 15) is 4.79 Å². The highest BCUT2D eigenvalue weighted by Crippen LogP contribution is 2.30. The predicted molar refractivity (Wildman–Crippen MR) is 93.3 cm³/mol. The van der Waals surface area contributed by atoms with E-state index in [2.05, 4.69) is 22.0 Å². The number of benzene rings is 2. The van der Waals surface area contributed by atoms with Crippen LogP contribution >= 0.6 is 15.9 Å². The molecule has 0 atom stereocenters. The van der Waals surface area contributed by atoms with Crippen molar-refractivity contribution in [2.45, 2.75) is 12.8 Å². The van der Waals surface area contributed by atoms with E-state index in [4.69, 9.17) is 9.47 Å². The number of amides is 1. The number of methoxy groups -OCH3 is 1. The predicted octanol–water partition coefficient (Wildman–Crippen LogP) is 3.82. The lowest BCUT2D eigenvalue weighted by Crippen LogP contribution is -2.38. The van der Waals surface area contributed by atoms with Gasteiger partial charge in [0.25, 0.3) is 5.91 Å². The molecule has 5 heteroatoms. The third kappa shape index (κ3) is 3.50. The summed E-state index contributed by atoms with van der Waals surface area (Å²) in [4.78, 5) is 14.4. The number of halogens is 1. The zero-order valence-electron chi connectivity index (χ0n) is 12.9. The van der Waals surface area contributed by atoms with Gasteiger partial charge in [-0.25, -0.2) is 0 Å². The molecule has 0 radical (unpaired) electrons. The molecular formula is C18H18BrNO3. The Balaban J connectivity index is 1.72. The molecule has 2 aromatic carbocycles. The first-order valence-corrected chi connectivity index (χ1v) is 8.33. The Bertz CT molecular complexity index is 717. The van der Waals surface area contributed by atoms with Crippen LogP contribution in [-0.2, 0) is 11.2 Å². The maximum atomic E-state index is 12.6. The van der Waals surface area contributed by atoms with Crippen LogP contribution in [0.3, 0.4) is 0 Å². The number of rotatable bonds is 4. The summed E-state index contributed by atoms with van der Waals surface area (Å²) in [6.07, 6.45) is 1.95. The first-order chi connectivity index (χ1) is 11.2. The fraction of sp³-hybridized carbons (Fsp3) is 0.278. The summed E-state index contributed by atoms with van der Waals surface area (Å²) in [7, 11) is 1.59. The summed E-state index contributed by atoms with van der Waals surface area (Å²) in [6.45, 7) is 0.721. The zero-order valence-corrected chi connectivity index (χ0v) is 14.5. The Morgan fingerprint density at radius 1 is 1.22 bits per heavy atom. The molecule has 120 valence electrons. The van der Waals surface area contributed by atoms with Crippen molar-refractivity contribution < 1.29 is 14.3 Å². The standard InChI is InChI=1S/C18H18BrNO3/c1-22-16-6-2-3-7-17(16)23-12-18(21)20-10-4-5-13-11-14(19)8-9-15(13)20/h2-3,6-9,11H,4-5,10,12H2,1H3. The van der Waals surface area contributed by atoms with Crippen LogP contribution in [0.1, 0.15) is 12.0 Å². The number of nitrogens with zero attached hydrogens (tertiary/aromatic N) is 1. The molecule has 1 aliphatic rings. The van der Waals surface area contributed by atoms with Gasteiger partial charge in [-0.3, -0.25) is 4.79 Å². The van der Waals surface area contributed by atoms with Gasteiger partial charge < -0.3 is 14.4 Å². The van der Waals surface area contributed by atoms with Crippen molar-refractivity contribution in [3.05, 3.63) is 52.5 Å². The molecule has 0 N–H and O–H groups in total. The molecule has 0 unspecified atom stereocenters. The third-order valence-electron chi connectivity index (χ3n) is 3.88. The van der Waals surface area contributed by atoms with Gasteiger partial charge in [-0.05, 0) is 48.7 Å². The summed E-state index contributed by atoms with van der Waals surface area (Å²) >= 11 is 3.48. The number of hydrogen-bond donors (Lipinski definition) is 0. The van der Waals surface area contributed by atoms with Gasteiger partial charge in [0.1, 0.15) is 0 Å². The molecule has 1 aliphatic heterocycles. The minimum atomic E-state index is -0.0424. The van der Waals surface area contributed by atoms with Crippen LogP contribution in [0.25, 0.3) is 0 Å². The summed E-state index contributed by atoms with van der Waals surface area (Å²) in [5, 5.41) is 0. The van der Waals surface area contributed by atoms with Crippen molar-refractivity contribution in [2.75, 3.05) is 25.2 Å². The van der Waals surface area contributed by atoms with Crippen LogP contribution in [0.2, 0.25) is 0 Å². The highest BCUT2D eigenvalue weighted by atomic mass is 79.9. The van der Waals surface area contributed by atoms with E-state index in [-0.39, 0.29) is 12.5 Å². The summed E-state index contributed by atoms with van der Waals surface area (Å²) in [6, 6.07) is 13.4. The van der Waals surface area contributed by atoms with Crippen LogP contribution in [-0.4, -0.2) is 26.2 Å². The van der Waals surface area contributed by atoms with Gasteiger partial charge in [0, 0.05) is 16.7 Å². The second-order valence-electron chi connectivity index (χ2n) is 5.36. The fourth-order valence-electron chi connectivity index (χ4n) is 2.78. The smallest absolute Gasteiger partial charge is 0.264 e. The van der Waals surface area contributed by atoms with E-state index in [0.717, 1.165) is 29.5 Å². The number of fused-ring (bicyclic) bond motifs is 1. The van der Waals surface area contributed by atoms with Gasteiger partial charge in [0.15, 0.2) is 18.1 Å². The topological polar surface area (TPSA) is 38.8 Å². The molecule has 1 amide bonds. The van der Waals surface area contributed by atoms with Crippen molar-refractivity contribution in [1.82, 2.24) is 0 Å². The number of carbonyl (C=O) groups is 1. The zero-order chi connectivity index (χ0) is 16.2. The molecule has 0 bridgehead atoms. The van der Waals surface area contributed by atoms with Crippen molar-refractivity contribution in [3.8, 4) is 11.5 Å². The molecule has 23 heavy (non-hydrogen) atoms. The van der Waals surface area contributed by atoms with Crippen molar-refractivity contribution in [2.24, 2.45) is 0 Å². The molecule has 0 aliphatic carbocycles. The van der Waals surface area contributed by atoms with Gasteiger partial charge >= 0.3 is 0 Å². The Hall–Kier alpha value is -2.01. The molecule has 0 saturated carbocycles. The highest BCUT2D eigenvalue weighted by Gasteiger charge is 2.23. The van der Waals surface area contributed by atoms with Gasteiger partial charge in [-0.2, -0.15) is 0 Å². The quantitative estimate of drug-likeness (QED) is 0.815. The number of hydrogen-bond acceptors (Lipinski definition) is 3. The van der Waals surface area contributed by atoms with E-state index < -0.39 is 0 Å². The lowest BCUT2D eigenvalue weighted by Gasteiger charge is -2.29. The average molecular weight is 376 g/mol. The number of ether oxygens (including phenoxy) is 2. The molecule has 1 heterocycles. The van der Waals surface area contributed by atoms with E-state index in [1.807, 2.05) is 30.3 Å². The molecule has 0 saturated heterocycles. The first kappa shape index (κ1) is 15.9. The Kier molecular flexibility index (Phi) is 4.86. The summed E-state index contributed by atoms with van der Waals surface area (Å²) in [5.41, 5.74) is 2.17. The number of aryl methyl sites for hydroxylation is 1. The molecule has 2 aromatic rings. The highest BCUT2D eigenvalue weighted by molar-refractivity contribution is 9.10. The first-order valence-electron chi connectivity index (χ1n) is 7.53. The Labute approximate surface area is 144 Å². The normalized spacial score (nSPS) is 13.4. The monoisotopic (exact) mass is 375 g/mol. The number of carbonyl (C=O) groups excluding carboxylic acids is 1. The van der Waals surface area contributed by atoms with E-state index in [1.165, 1.54) is 5.56 Å². The maximum absolute atomic E-state index is 12.6. The van der Waals surface area contributed by atoms with Crippen molar-refractivity contribution >= 4 is 27.5 Å². The molecule has 3 rings (SSSR count). The molecule has 0 aromatic heterocycles. The van der Waals surface area contributed by atoms with Crippen LogP contribution in [0, 0.1) is 0 Å². The summed E-state index contributed by atoms with van der Waals surface area (Å²) in [5.74, 6) is 1.17. The molecule has 0 spiro atoms.